The Bertz CT molecular complexity index is 585. The second-order valence-electron chi connectivity index (χ2n) is 7.79. The minimum Gasteiger partial charge on any atom is -0.316 e. The summed E-state index contributed by atoms with van der Waals surface area (Å²) in [5, 5.41) is 0. The molecule has 0 aromatic heterocycles. The number of hydrogen-bond donors (Lipinski definition) is 1. The zero-order chi connectivity index (χ0) is 17.3. The minimum absolute atomic E-state index is 0.0376. The highest BCUT2D eigenvalue weighted by Crippen LogP contribution is 2.37. The Morgan fingerprint density at radius 2 is 1.58 bits per heavy atom. The van der Waals surface area contributed by atoms with E-state index in [4.69, 9.17) is 0 Å². The monoisotopic (exact) mass is 329 g/mol. The second-order valence-corrected chi connectivity index (χ2v) is 7.79. The van der Waals surface area contributed by atoms with E-state index in [1.165, 1.54) is 20.9 Å². The number of imide groups is 1. The average Bonchev–Trinajstić information content (AvgIpc) is 2.81. The van der Waals surface area contributed by atoms with Gasteiger partial charge in [-0.2, -0.15) is 0 Å². The second kappa shape index (κ2) is 7.06. The normalized spacial score (nSPS) is 25.2. The molecule has 1 unspecified atom stereocenters. The van der Waals surface area contributed by atoms with Crippen molar-refractivity contribution in [3.63, 3.8) is 0 Å². The molecule has 1 N–H and O–H groups in total. The van der Waals surface area contributed by atoms with E-state index in [1.54, 1.807) is 0 Å². The maximum atomic E-state index is 12.5. The van der Waals surface area contributed by atoms with Gasteiger partial charge >= 0.3 is 0 Å². The number of benzene rings is 1. The van der Waals surface area contributed by atoms with E-state index >= 15 is 0 Å². The van der Waals surface area contributed by atoms with Crippen LogP contribution in [0, 0.1) is 11.8 Å². The van der Waals surface area contributed by atoms with Crippen molar-refractivity contribution < 1.29 is 14.5 Å². The Labute approximate surface area is 144 Å². The van der Waals surface area contributed by atoms with E-state index in [9.17, 15) is 9.59 Å². The molecule has 2 aliphatic rings. The fourth-order valence-corrected chi connectivity index (χ4v) is 4.08. The lowest BCUT2D eigenvalue weighted by Crippen LogP contribution is -3.09. The first-order valence-electron chi connectivity index (χ1n) is 9.22. The lowest BCUT2D eigenvalue weighted by atomic mass is 9.81. The summed E-state index contributed by atoms with van der Waals surface area (Å²) >= 11 is 0. The molecule has 3 atom stereocenters. The highest BCUT2D eigenvalue weighted by atomic mass is 16.2. The molecule has 3 rings (SSSR count). The molecule has 1 saturated carbocycles. The SMILES string of the molecule is CC(C)c1ccc(C[NH+](C)CN2C(=O)[C@H]3CCCC[C@H]3C2=O)cc1. The number of nitrogens with one attached hydrogen (secondary N) is 1. The fraction of sp³-hybridized carbons (Fsp3) is 0.600. The number of carbonyl (C=O) groups excluding carboxylic acids is 2. The first-order chi connectivity index (χ1) is 11.5. The van der Waals surface area contributed by atoms with Crippen molar-refractivity contribution in [3.8, 4) is 0 Å². The van der Waals surface area contributed by atoms with Crippen molar-refractivity contribution in [2.45, 2.75) is 52.0 Å². The molecule has 2 fully saturated rings. The van der Waals surface area contributed by atoms with Crippen LogP contribution in [-0.4, -0.2) is 30.4 Å². The van der Waals surface area contributed by atoms with E-state index in [2.05, 4.69) is 45.2 Å². The third-order valence-corrected chi connectivity index (χ3v) is 5.51. The number of amides is 2. The number of likely N-dealkylation sites (tertiary alicyclic amines) is 1. The number of nitrogens with zero attached hydrogens (tertiary/aromatic N) is 1. The molecule has 1 aliphatic heterocycles. The maximum absolute atomic E-state index is 12.5. The highest BCUT2D eigenvalue weighted by Gasteiger charge is 2.48. The standard InChI is InChI=1S/C20H28N2O2/c1-14(2)16-10-8-15(9-11-16)12-21(3)13-22-19(23)17-6-4-5-7-18(17)20(22)24/h8-11,14,17-18H,4-7,12-13H2,1-3H3/p+1/t17-,18+. The molecule has 4 heteroatoms. The van der Waals surface area contributed by atoms with E-state index in [1.807, 2.05) is 0 Å². The summed E-state index contributed by atoms with van der Waals surface area (Å²) in [6.45, 7) is 5.69. The zero-order valence-electron chi connectivity index (χ0n) is 15.0. The molecule has 1 aromatic rings. The maximum Gasteiger partial charge on any atom is 0.237 e. The minimum atomic E-state index is -0.0376. The molecule has 1 heterocycles. The Morgan fingerprint density at radius 1 is 1.04 bits per heavy atom. The van der Waals surface area contributed by atoms with Crippen LogP contribution in [-0.2, 0) is 16.1 Å². The van der Waals surface area contributed by atoms with Gasteiger partial charge in [-0.3, -0.25) is 9.59 Å². The summed E-state index contributed by atoms with van der Waals surface area (Å²) < 4.78 is 0. The van der Waals surface area contributed by atoms with Gasteiger partial charge in [0.05, 0.1) is 18.9 Å². The number of carbonyl (C=O) groups is 2. The van der Waals surface area contributed by atoms with E-state index in [0.717, 1.165) is 32.2 Å². The van der Waals surface area contributed by atoms with Gasteiger partial charge in [0, 0.05) is 5.56 Å². The number of rotatable bonds is 5. The van der Waals surface area contributed by atoms with Crippen LogP contribution in [0.15, 0.2) is 24.3 Å². The van der Waals surface area contributed by atoms with Crippen LogP contribution in [0.1, 0.15) is 56.6 Å². The number of hydrogen-bond acceptors (Lipinski definition) is 2. The van der Waals surface area contributed by atoms with Crippen molar-refractivity contribution >= 4 is 11.8 Å². The highest BCUT2D eigenvalue weighted by molar-refractivity contribution is 6.05. The molecule has 1 aromatic carbocycles. The van der Waals surface area contributed by atoms with E-state index < -0.39 is 0 Å². The Balaban J connectivity index is 1.61. The predicted octanol–water partition coefficient (Wildman–Crippen LogP) is 1.96. The van der Waals surface area contributed by atoms with Crippen molar-refractivity contribution in [2.24, 2.45) is 11.8 Å². The van der Waals surface area contributed by atoms with Gasteiger partial charge in [0.25, 0.3) is 0 Å². The molecule has 2 amide bonds. The van der Waals surface area contributed by atoms with Gasteiger partial charge in [-0.25, -0.2) is 4.90 Å². The number of fused-ring (bicyclic) bond motifs is 1. The largest absolute Gasteiger partial charge is 0.316 e. The summed E-state index contributed by atoms with van der Waals surface area (Å²) in [6.07, 6.45) is 3.95. The van der Waals surface area contributed by atoms with Crippen LogP contribution in [0.3, 0.4) is 0 Å². The van der Waals surface area contributed by atoms with Gasteiger partial charge in [0.1, 0.15) is 6.54 Å². The lowest BCUT2D eigenvalue weighted by molar-refractivity contribution is -0.901. The smallest absolute Gasteiger partial charge is 0.237 e. The zero-order valence-corrected chi connectivity index (χ0v) is 15.0. The van der Waals surface area contributed by atoms with Crippen LogP contribution < -0.4 is 4.90 Å². The summed E-state index contributed by atoms with van der Waals surface area (Å²) in [4.78, 5) is 27.8. The first-order valence-corrected chi connectivity index (χ1v) is 9.22. The fourth-order valence-electron chi connectivity index (χ4n) is 4.08. The Morgan fingerprint density at radius 3 is 2.08 bits per heavy atom. The molecule has 1 aliphatic carbocycles. The first kappa shape index (κ1) is 17.2. The van der Waals surface area contributed by atoms with Gasteiger partial charge in [-0.15, -0.1) is 0 Å². The third-order valence-electron chi connectivity index (χ3n) is 5.51. The van der Waals surface area contributed by atoms with Gasteiger partial charge in [-0.1, -0.05) is 51.0 Å². The summed E-state index contributed by atoms with van der Waals surface area (Å²) in [7, 11) is 2.05. The van der Waals surface area contributed by atoms with Crippen molar-refractivity contribution in [3.05, 3.63) is 35.4 Å². The summed E-state index contributed by atoms with van der Waals surface area (Å²) in [6, 6.07) is 8.67. The van der Waals surface area contributed by atoms with Gasteiger partial charge in [0.15, 0.2) is 6.67 Å². The molecule has 0 radical (unpaired) electrons. The van der Waals surface area contributed by atoms with Gasteiger partial charge in [-0.05, 0) is 24.3 Å². The van der Waals surface area contributed by atoms with Crippen molar-refractivity contribution in [1.82, 2.24) is 4.90 Å². The molecule has 4 nitrogen and oxygen atoms in total. The van der Waals surface area contributed by atoms with E-state index in [0.29, 0.717) is 12.6 Å². The lowest BCUT2D eigenvalue weighted by Gasteiger charge is -2.21. The van der Waals surface area contributed by atoms with Crippen LogP contribution >= 0.6 is 0 Å². The topological polar surface area (TPSA) is 41.8 Å². The van der Waals surface area contributed by atoms with Crippen molar-refractivity contribution in [1.29, 1.82) is 0 Å². The van der Waals surface area contributed by atoms with Gasteiger partial charge < -0.3 is 4.90 Å². The Kier molecular flexibility index (Phi) is 5.04. The molecular weight excluding hydrogens is 300 g/mol. The van der Waals surface area contributed by atoms with Crippen LogP contribution in [0.4, 0.5) is 0 Å². The molecular formula is C20H29N2O2+. The predicted molar refractivity (Wildman–Crippen MR) is 93.3 cm³/mol. The number of quaternary nitrogens is 1. The molecule has 0 bridgehead atoms. The van der Waals surface area contributed by atoms with Crippen LogP contribution in [0.25, 0.3) is 0 Å². The quantitative estimate of drug-likeness (QED) is 0.839. The molecule has 0 spiro atoms. The molecule has 24 heavy (non-hydrogen) atoms. The van der Waals surface area contributed by atoms with Gasteiger partial charge in [0.2, 0.25) is 11.8 Å². The van der Waals surface area contributed by atoms with Crippen LogP contribution in [0.5, 0.6) is 0 Å². The Hall–Kier alpha value is -1.68. The molecule has 130 valence electrons. The third kappa shape index (κ3) is 3.39. The summed E-state index contributed by atoms with van der Waals surface area (Å²) in [5.74, 6) is 0.597. The van der Waals surface area contributed by atoms with Crippen molar-refractivity contribution in [2.75, 3.05) is 13.7 Å². The summed E-state index contributed by atoms with van der Waals surface area (Å²) in [5.41, 5.74) is 2.58. The average molecular weight is 329 g/mol. The van der Waals surface area contributed by atoms with E-state index in [-0.39, 0.29) is 23.7 Å². The van der Waals surface area contributed by atoms with Crippen LogP contribution in [0.2, 0.25) is 0 Å². The molecule has 1 saturated heterocycles.